The highest BCUT2D eigenvalue weighted by atomic mass is 16.5. The predicted octanol–water partition coefficient (Wildman–Crippen LogP) is -0.909. The van der Waals surface area contributed by atoms with Gasteiger partial charge in [0.15, 0.2) is 6.10 Å². The van der Waals surface area contributed by atoms with Crippen LogP contribution >= 0.6 is 0 Å². The summed E-state index contributed by atoms with van der Waals surface area (Å²) >= 11 is 0. The number of likely N-dealkylation sites (tertiary alicyclic amines) is 1. The van der Waals surface area contributed by atoms with Crippen molar-refractivity contribution in [2.45, 2.75) is 13.0 Å². The fourth-order valence-electron chi connectivity index (χ4n) is 1.39. The molecule has 1 heterocycles. The molecular formula is C8H11NO5. The van der Waals surface area contributed by atoms with Crippen LogP contribution in [-0.2, 0) is 19.1 Å². The van der Waals surface area contributed by atoms with E-state index < -0.39 is 29.9 Å². The van der Waals surface area contributed by atoms with Crippen molar-refractivity contribution in [1.29, 1.82) is 0 Å². The van der Waals surface area contributed by atoms with E-state index in [1.807, 2.05) is 0 Å². The molecule has 1 saturated heterocycles. The molecule has 0 saturated carbocycles. The molecule has 2 atom stereocenters. The SMILES string of the molecule is CC(=O)OC1C(=O)N(C)CC1C(=O)O. The Hall–Kier alpha value is -1.59. The summed E-state index contributed by atoms with van der Waals surface area (Å²) in [5.74, 6) is -3.21. The van der Waals surface area contributed by atoms with Crippen molar-refractivity contribution in [1.82, 2.24) is 4.90 Å². The molecule has 14 heavy (non-hydrogen) atoms. The topological polar surface area (TPSA) is 83.9 Å². The summed E-state index contributed by atoms with van der Waals surface area (Å²) in [7, 11) is 1.47. The number of carbonyl (C=O) groups is 3. The average molecular weight is 201 g/mol. The molecule has 0 aromatic heterocycles. The molecule has 0 aliphatic carbocycles. The lowest BCUT2D eigenvalue weighted by atomic mass is 10.1. The minimum atomic E-state index is -1.17. The van der Waals surface area contributed by atoms with Gasteiger partial charge in [0.05, 0.1) is 0 Å². The molecule has 0 bridgehead atoms. The van der Waals surface area contributed by atoms with Gasteiger partial charge in [0.25, 0.3) is 5.91 Å². The number of nitrogens with zero attached hydrogens (tertiary/aromatic N) is 1. The van der Waals surface area contributed by atoms with Crippen LogP contribution in [-0.4, -0.2) is 47.5 Å². The molecule has 6 heteroatoms. The fourth-order valence-corrected chi connectivity index (χ4v) is 1.39. The average Bonchev–Trinajstić information content (AvgIpc) is 2.32. The first-order valence-electron chi connectivity index (χ1n) is 4.08. The molecule has 78 valence electrons. The lowest BCUT2D eigenvalue weighted by Crippen LogP contribution is -2.33. The number of esters is 1. The van der Waals surface area contributed by atoms with Gasteiger partial charge in [0.1, 0.15) is 5.92 Å². The second-order valence-electron chi connectivity index (χ2n) is 3.19. The minimum absolute atomic E-state index is 0.0755. The van der Waals surface area contributed by atoms with Crippen LogP contribution in [0.4, 0.5) is 0 Å². The van der Waals surface area contributed by atoms with E-state index in [1.165, 1.54) is 11.9 Å². The van der Waals surface area contributed by atoms with E-state index in [-0.39, 0.29) is 6.54 Å². The van der Waals surface area contributed by atoms with Gasteiger partial charge in [-0.25, -0.2) is 0 Å². The molecule has 1 aliphatic rings. The molecule has 1 aliphatic heterocycles. The maximum Gasteiger partial charge on any atom is 0.312 e. The van der Waals surface area contributed by atoms with Gasteiger partial charge < -0.3 is 14.7 Å². The van der Waals surface area contributed by atoms with Crippen LogP contribution in [0.15, 0.2) is 0 Å². The van der Waals surface area contributed by atoms with Crippen LogP contribution in [0, 0.1) is 5.92 Å². The third-order valence-electron chi connectivity index (χ3n) is 2.07. The lowest BCUT2D eigenvalue weighted by molar-refractivity contribution is -0.160. The Bertz CT molecular complexity index is 287. The third-order valence-corrected chi connectivity index (χ3v) is 2.07. The van der Waals surface area contributed by atoms with Gasteiger partial charge in [0.2, 0.25) is 0 Å². The number of carboxylic acid groups (broad SMARTS) is 1. The number of ether oxygens (including phenoxy) is 1. The van der Waals surface area contributed by atoms with Gasteiger partial charge in [-0.05, 0) is 0 Å². The van der Waals surface area contributed by atoms with Crippen LogP contribution in [0.2, 0.25) is 0 Å². The molecule has 2 unspecified atom stereocenters. The van der Waals surface area contributed by atoms with Crippen LogP contribution < -0.4 is 0 Å². The Morgan fingerprint density at radius 1 is 1.57 bits per heavy atom. The minimum Gasteiger partial charge on any atom is -0.481 e. The summed E-state index contributed by atoms with van der Waals surface area (Å²) in [4.78, 5) is 33.9. The van der Waals surface area contributed by atoms with E-state index in [9.17, 15) is 14.4 Å². The van der Waals surface area contributed by atoms with Crippen LogP contribution in [0.1, 0.15) is 6.92 Å². The summed E-state index contributed by atoms with van der Waals surface area (Å²) < 4.78 is 4.66. The van der Waals surface area contributed by atoms with Gasteiger partial charge in [-0.2, -0.15) is 0 Å². The normalized spacial score (nSPS) is 26.4. The van der Waals surface area contributed by atoms with Crippen molar-refractivity contribution < 1.29 is 24.2 Å². The number of carboxylic acids is 1. The maximum atomic E-state index is 11.3. The number of hydrogen-bond acceptors (Lipinski definition) is 4. The number of amides is 1. The van der Waals surface area contributed by atoms with Crippen molar-refractivity contribution in [3.05, 3.63) is 0 Å². The smallest absolute Gasteiger partial charge is 0.312 e. The second kappa shape index (κ2) is 3.65. The van der Waals surface area contributed by atoms with E-state index in [1.54, 1.807) is 0 Å². The standard InChI is InChI=1S/C8H11NO5/c1-4(10)14-6-5(8(12)13)3-9(2)7(6)11/h5-6H,3H2,1-2H3,(H,12,13). The van der Waals surface area contributed by atoms with E-state index in [2.05, 4.69) is 4.74 Å². The lowest BCUT2D eigenvalue weighted by Gasteiger charge is -2.12. The van der Waals surface area contributed by atoms with E-state index in [0.717, 1.165) is 6.92 Å². The quantitative estimate of drug-likeness (QED) is 0.585. The van der Waals surface area contributed by atoms with Gasteiger partial charge in [-0.3, -0.25) is 14.4 Å². The zero-order valence-corrected chi connectivity index (χ0v) is 7.89. The zero-order valence-electron chi connectivity index (χ0n) is 7.89. The zero-order chi connectivity index (χ0) is 10.9. The Morgan fingerprint density at radius 2 is 2.14 bits per heavy atom. The summed E-state index contributed by atoms with van der Waals surface area (Å²) in [6, 6.07) is 0. The summed E-state index contributed by atoms with van der Waals surface area (Å²) in [6.45, 7) is 1.22. The van der Waals surface area contributed by atoms with E-state index in [0.29, 0.717) is 0 Å². The molecule has 0 radical (unpaired) electrons. The van der Waals surface area contributed by atoms with Gasteiger partial charge in [-0.1, -0.05) is 0 Å². The third kappa shape index (κ3) is 1.84. The molecule has 1 rings (SSSR count). The monoisotopic (exact) mass is 201 g/mol. The fraction of sp³-hybridized carbons (Fsp3) is 0.625. The molecule has 0 spiro atoms. The first-order valence-corrected chi connectivity index (χ1v) is 4.08. The number of likely N-dealkylation sites (N-methyl/N-ethyl adjacent to an activating group) is 1. The Morgan fingerprint density at radius 3 is 2.57 bits per heavy atom. The van der Waals surface area contributed by atoms with E-state index >= 15 is 0 Å². The van der Waals surface area contributed by atoms with Gasteiger partial charge in [0, 0.05) is 20.5 Å². The van der Waals surface area contributed by atoms with E-state index in [4.69, 9.17) is 5.11 Å². The molecule has 6 nitrogen and oxygen atoms in total. The first kappa shape index (κ1) is 10.5. The molecular weight excluding hydrogens is 190 g/mol. The van der Waals surface area contributed by atoms with Gasteiger partial charge in [-0.15, -0.1) is 0 Å². The number of carbonyl (C=O) groups excluding carboxylic acids is 2. The molecule has 0 aromatic carbocycles. The Kier molecular flexibility index (Phi) is 2.73. The maximum absolute atomic E-state index is 11.3. The summed E-state index contributed by atoms with van der Waals surface area (Å²) in [5.41, 5.74) is 0. The predicted molar refractivity (Wildman–Crippen MR) is 44.3 cm³/mol. The first-order chi connectivity index (χ1) is 6.43. The molecule has 1 amide bonds. The Labute approximate surface area is 80.4 Å². The van der Waals surface area contributed by atoms with Crippen LogP contribution in [0.3, 0.4) is 0 Å². The van der Waals surface area contributed by atoms with Crippen LogP contribution in [0.25, 0.3) is 0 Å². The van der Waals surface area contributed by atoms with Crippen molar-refractivity contribution in [2.24, 2.45) is 5.92 Å². The molecule has 0 aromatic rings. The van der Waals surface area contributed by atoms with Crippen molar-refractivity contribution in [2.75, 3.05) is 13.6 Å². The van der Waals surface area contributed by atoms with Crippen molar-refractivity contribution in [3.8, 4) is 0 Å². The largest absolute Gasteiger partial charge is 0.481 e. The summed E-state index contributed by atoms with van der Waals surface area (Å²) in [5, 5.41) is 8.76. The molecule has 1 fully saturated rings. The Balaban J connectivity index is 2.81. The highest BCUT2D eigenvalue weighted by molar-refractivity contribution is 5.91. The van der Waals surface area contributed by atoms with Crippen LogP contribution in [0.5, 0.6) is 0 Å². The van der Waals surface area contributed by atoms with Crippen molar-refractivity contribution in [3.63, 3.8) is 0 Å². The van der Waals surface area contributed by atoms with Crippen molar-refractivity contribution >= 4 is 17.8 Å². The highest BCUT2D eigenvalue weighted by Crippen LogP contribution is 2.20. The molecule has 1 N–H and O–H groups in total. The highest BCUT2D eigenvalue weighted by Gasteiger charge is 2.45. The number of rotatable bonds is 2. The second-order valence-corrected chi connectivity index (χ2v) is 3.19. The van der Waals surface area contributed by atoms with Gasteiger partial charge >= 0.3 is 11.9 Å². The number of aliphatic carboxylic acids is 1. The summed E-state index contributed by atoms with van der Waals surface area (Å²) in [6.07, 6.45) is -1.17. The number of hydrogen-bond donors (Lipinski definition) is 1.